The number of benzene rings is 1. The zero-order valence-corrected chi connectivity index (χ0v) is 17.1. The first-order chi connectivity index (χ1) is 13.6. The highest BCUT2D eigenvalue weighted by molar-refractivity contribution is 9.10. The fourth-order valence-corrected chi connectivity index (χ4v) is 4.52. The number of hydrogen-bond donors (Lipinski definition) is 0. The monoisotopic (exact) mass is 454 g/mol. The number of halogens is 1. The minimum absolute atomic E-state index is 0.00647. The highest BCUT2D eigenvalue weighted by Crippen LogP contribution is 2.37. The molecule has 4 aromatic rings. The summed E-state index contributed by atoms with van der Waals surface area (Å²) in [7, 11) is 0. The number of fused-ring (bicyclic) bond motifs is 2. The summed E-state index contributed by atoms with van der Waals surface area (Å²) >= 11 is 4.82. The molecule has 0 aliphatic heterocycles. The van der Waals surface area contributed by atoms with Crippen molar-refractivity contribution in [1.29, 1.82) is 0 Å². The molecule has 3 heterocycles. The molecule has 0 atom stereocenters. The molecule has 1 aromatic carbocycles. The molecule has 5 rings (SSSR count). The minimum atomic E-state index is -0.132. The lowest BCUT2D eigenvalue weighted by Crippen LogP contribution is -2.22. The van der Waals surface area contributed by atoms with Gasteiger partial charge >= 0.3 is 0 Å². The Hall–Kier alpha value is -2.45. The van der Waals surface area contributed by atoms with Gasteiger partial charge in [-0.3, -0.25) is 18.6 Å². The van der Waals surface area contributed by atoms with Gasteiger partial charge in [0.05, 0.1) is 16.6 Å². The Morgan fingerprint density at radius 3 is 2.75 bits per heavy atom. The molecule has 28 heavy (non-hydrogen) atoms. The van der Waals surface area contributed by atoms with Crippen LogP contribution in [-0.4, -0.2) is 18.9 Å². The molecule has 1 saturated carbocycles. The van der Waals surface area contributed by atoms with Crippen molar-refractivity contribution in [2.24, 2.45) is 0 Å². The van der Waals surface area contributed by atoms with Gasteiger partial charge in [-0.1, -0.05) is 23.9 Å². The van der Waals surface area contributed by atoms with E-state index in [1.54, 1.807) is 16.8 Å². The van der Waals surface area contributed by atoms with Crippen LogP contribution < -0.4 is 11.1 Å². The molecule has 6 nitrogen and oxygen atoms in total. The van der Waals surface area contributed by atoms with Crippen molar-refractivity contribution in [1.82, 2.24) is 18.9 Å². The standard InChI is InChI=1S/C20H15BrN4O2S/c21-12-5-8-17-22-13(9-18(26)24(17)10-12)11-28-20-23-16-4-2-1-3-15(16)19(27)25(20)14-6-7-14/h1-5,8-10,14H,6-7,11H2. The third-order valence-corrected chi connectivity index (χ3v) is 6.17. The lowest BCUT2D eigenvalue weighted by molar-refractivity contribution is 0.618. The predicted molar refractivity (Wildman–Crippen MR) is 113 cm³/mol. The van der Waals surface area contributed by atoms with Crippen LogP contribution in [-0.2, 0) is 5.75 Å². The van der Waals surface area contributed by atoms with Crippen molar-refractivity contribution in [2.45, 2.75) is 29.8 Å². The zero-order chi connectivity index (χ0) is 19.3. The van der Waals surface area contributed by atoms with Crippen LogP contribution in [0, 0.1) is 0 Å². The van der Waals surface area contributed by atoms with Crippen molar-refractivity contribution in [3.63, 3.8) is 0 Å². The maximum absolute atomic E-state index is 12.9. The Kier molecular flexibility index (Phi) is 4.32. The first kappa shape index (κ1) is 17.6. The van der Waals surface area contributed by atoms with Crippen LogP contribution in [0.2, 0.25) is 0 Å². The first-order valence-electron chi connectivity index (χ1n) is 8.92. The van der Waals surface area contributed by atoms with Crippen LogP contribution in [0.1, 0.15) is 24.6 Å². The smallest absolute Gasteiger partial charge is 0.262 e. The summed E-state index contributed by atoms with van der Waals surface area (Å²) in [4.78, 5) is 34.6. The van der Waals surface area contributed by atoms with Crippen LogP contribution in [0.15, 0.2) is 67.9 Å². The molecule has 3 aromatic heterocycles. The molecule has 0 amide bonds. The maximum atomic E-state index is 12.9. The predicted octanol–water partition coefficient (Wildman–Crippen LogP) is 3.79. The molecular weight excluding hydrogens is 440 g/mol. The molecule has 140 valence electrons. The topological polar surface area (TPSA) is 69.3 Å². The average molecular weight is 455 g/mol. The third-order valence-electron chi connectivity index (χ3n) is 4.71. The molecule has 0 unspecified atom stereocenters. The van der Waals surface area contributed by atoms with E-state index in [9.17, 15) is 9.59 Å². The van der Waals surface area contributed by atoms with Crippen LogP contribution in [0.4, 0.5) is 0 Å². The van der Waals surface area contributed by atoms with E-state index < -0.39 is 0 Å². The van der Waals surface area contributed by atoms with Crippen LogP contribution >= 0.6 is 27.7 Å². The Morgan fingerprint density at radius 2 is 1.93 bits per heavy atom. The molecule has 0 saturated heterocycles. The molecule has 1 fully saturated rings. The van der Waals surface area contributed by atoms with E-state index in [-0.39, 0.29) is 17.2 Å². The summed E-state index contributed by atoms with van der Waals surface area (Å²) in [6.07, 6.45) is 3.70. The van der Waals surface area contributed by atoms with Gasteiger partial charge in [-0.2, -0.15) is 0 Å². The van der Waals surface area contributed by atoms with Gasteiger partial charge < -0.3 is 0 Å². The fourth-order valence-electron chi connectivity index (χ4n) is 3.22. The van der Waals surface area contributed by atoms with Crippen molar-refractivity contribution < 1.29 is 0 Å². The lowest BCUT2D eigenvalue weighted by atomic mass is 10.2. The zero-order valence-electron chi connectivity index (χ0n) is 14.7. The second kappa shape index (κ2) is 6.86. The number of pyridine rings is 1. The van der Waals surface area contributed by atoms with Crippen LogP contribution in [0.3, 0.4) is 0 Å². The van der Waals surface area contributed by atoms with E-state index in [0.717, 1.165) is 17.3 Å². The van der Waals surface area contributed by atoms with E-state index in [2.05, 4.69) is 20.9 Å². The Balaban J connectivity index is 1.53. The first-order valence-corrected chi connectivity index (χ1v) is 10.7. The second-order valence-electron chi connectivity index (χ2n) is 6.77. The number of para-hydroxylation sites is 1. The molecule has 0 radical (unpaired) electrons. The van der Waals surface area contributed by atoms with Gasteiger partial charge in [0.2, 0.25) is 0 Å². The third kappa shape index (κ3) is 3.16. The number of rotatable bonds is 4. The molecule has 0 bridgehead atoms. The average Bonchev–Trinajstić information content (AvgIpc) is 3.52. The van der Waals surface area contributed by atoms with Crippen molar-refractivity contribution in [3.8, 4) is 0 Å². The number of nitrogens with zero attached hydrogens (tertiary/aromatic N) is 4. The summed E-state index contributed by atoms with van der Waals surface area (Å²) in [6, 6.07) is 12.8. The Bertz CT molecular complexity index is 1340. The molecule has 1 aliphatic carbocycles. The van der Waals surface area contributed by atoms with E-state index in [1.165, 1.54) is 22.2 Å². The van der Waals surface area contributed by atoms with Gasteiger partial charge in [0, 0.05) is 28.5 Å². The van der Waals surface area contributed by atoms with E-state index in [4.69, 9.17) is 4.98 Å². The largest absolute Gasteiger partial charge is 0.284 e. The Labute approximate surface area is 172 Å². The van der Waals surface area contributed by atoms with E-state index >= 15 is 0 Å². The SMILES string of the molecule is O=c1c2ccccc2nc(SCc2cc(=O)n3cc(Br)ccc3n2)n1C1CC1. The summed E-state index contributed by atoms with van der Waals surface area (Å²) in [5.74, 6) is 0.472. The highest BCUT2D eigenvalue weighted by Gasteiger charge is 2.28. The van der Waals surface area contributed by atoms with Gasteiger partial charge in [-0.25, -0.2) is 9.97 Å². The number of hydrogen-bond acceptors (Lipinski definition) is 5. The maximum Gasteiger partial charge on any atom is 0.262 e. The molecule has 8 heteroatoms. The number of thioether (sulfide) groups is 1. The Morgan fingerprint density at radius 1 is 1.11 bits per heavy atom. The van der Waals surface area contributed by atoms with E-state index in [0.29, 0.717) is 33.2 Å². The molecule has 1 aliphatic rings. The normalized spacial score (nSPS) is 14.0. The molecular formula is C20H15BrN4O2S. The van der Waals surface area contributed by atoms with Gasteiger partial charge in [-0.15, -0.1) is 0 Å². The van der Waals surface area contributed by atoms with Gasteiger partial charge in [0.15, 0.2) is 5.16 Å². The second-order valence-corrected chi connectivity index (χ2v) is 8.63. The van der Waals surface area contributed by atoms with Crippen molar-refractivity contribution in [3.05, 3.63) is 79.5 Å². The van der Waals surface area contributed by atoms with Crippen molar-refractivity contribution in [2.75, 3.05) is 0 Å². The van der Waals surface area contributed by atoms with Gasteiger partial charge in [-0.05, 0) is 53.0 Å². The van der Waals surface area contributed by atoms with Crippen molar-refractivity contribution >= 4 is 44.2 Å². The summed E-state index contributed by atoms with van der Waals surface area (Å²) in [5.41, 5.74) is 1.84. The molecule has 0 N–H and O–H groups in total. The lowest BCUT2D eigenvalue weighted by Gasteiger charge is -2.12. The summed E-state index contributed by atoms with van der Waals surface area (Å²) < 4.78 is 4.13. The molecule has 0 spiro atoms. The highest BCUT2D eigenvalue weighted by atomic mass is 79.9. The quantitative estimate of drug-likeness (QED) is 0.346. The summed E-state index contributed by atoms with van der Waals surface area (Å²) in [6.45, 7) is 0. The fraction of sp³-hybridized carbons (Fsp3) is 0.200. The number of aromatic nitrogens is 4. The summed E-state index contributed by atoms with van der Waals surface area (Å²) in [5, 5.41) is 1.33. The van der Waals surface area contributed by atoms with Gasteiger partial charge in [0.1, 0.15) is 5.65 Å². The van der Waals surface area contributed by atoms with Gasteiger partial charge in [0.25, 0.3) is 11.1 Å². The van der Waals surface area contributed by atoms with Crippen LogP contribution in [0.5, 0.6) is 0 Å². The minimum Gasteiger partial charge on any atom is -0.284 e. The van der Waals surface area contributed by atoms with E-state index in [1.807, 2.05) is 30.3 Å². The van der Waals surface area contributed by atoms with Crippen LogP contribution in [0.25, 0.3) is 16.6 Å².